The Morgan fingerprint density at radius 1 is 1.07 bits per heavy atom. The predicted octanol–water partition coefficient (Wildman–Crippen LogP) is 4.18. The van der Waals surface area contributed by atoms with E-state index >= 15 is 0 Å². The van der Waals surface area contributed by atoms with Crippen LogP contribution in [0, 0.1) is 0 Å². The molecule has 0 atom stereocenters. The topological polar surface area (TPSA) is 66.5 Å². The van der Waals surface area contributed by atoms with Gasteiger partial charge in [-0.25, -0.2) is 4.98 Å². The lowest BCUT2D eigenvalue weighted by Crippen LogP contribution is -2.27. The quantitative estimate of drug-likeness (QED) is 0.737. The van der Waals surface area contributed by atoms with Gasteiger partial charge in [0.2, 0.25) is 0 Å². The summed E-state index contributed by atoms with van der Waals surface area (Å²) in [6, 6.07) is 11.6. The van der Waals surface area contributed by atoms with Gasteiger partial charge in [-0.3, -0.25) is 4.79 Å². The molecular formula is C21H25ClN4O2. The monoisotopic (exact) mass is 400 g/mol. The highest BCUT2D eigenvalue weighted by molar-refractivity contribution is 6.30. The van der Waals surface area contributed by atoms with Crippen molar-refractivity contribution < 1.29 is 9.53 Å². The van der Waals surface area contributed by atoms with E-state index in [2.05, 4.69) is 20.5 Å². The molecule has 2 aliphatic heterocycles. The summed E-state index contributed by atoms with van der Waals surface area (Å²) in [6.07, 6.45) is 4.31. The Balaban J connectivity index is 1.40. The van der Waals surface area contributed by atoms with Crippen LogP contribution in [0.4, 0.5) is 17.2 Å². The van der Waals surface area contributed by atoms with E-state index < -0.39 is 0 Å². The van der Waals surface area contributed by atoms with Gasteiger partial charge in [0, 0.05) is 49.3 Å². The molecule has 2 aromatic rings. The van der Waals surface area contributed by atoms with Crippen LogP contribution in [0.1, 0.15) is 36.0 Å². The lowest BCUT2D eigenvalue weighted by molar-refractivity contribution is 0.0904. The molecule has 1 amide bonds. The average molecular weight is 401 g/mol. The molecule has 1 aromatic carbocycles. The number of carbonyl (C=O) groups is 1. The fourth-order valence-corrected chi connectivity index (χ4v) is 3.86. The number of nitrogens with zero attached hydrogens (tertiary/aromatic N) is 2. The van der Waals surface area contributed by atoms with Crippen molar-refractivity contribution >= 4 is 34.7 Å². The molecule has 0 radical (unpaired) electrons. The summed E-state index contributed by atoms with van der Waals surface area (Å²) >= 11 is 6.15. The third-order valence-electron chi connectivity index (χ3n) is 5.21. The van der Waals surface area contributed by atoms with Gasteiger partial charge in [-0.2, -0.15) is 0 Å². The van der Waals surface area contributed by atoms with Gasteiger partial charge < -0.3 is 20.3 Å². The van der Waals surface area contributed by atoms with Crippen LogP contribution in [0.3, 0.4) is 0 Å². The highest BCUT2D eigenvalue weighted by Crippen LogP contribution is 2.23. The summed E-state index contributed by atoms with van der Waals surface area (Å²) in [5.41, 5.74) is 2.32. The number of rotatable bonds is 5. The molecule has 6 nitrogen and oxygen atoms in total. The Labute approximate surface area is 170 Å². The van der Waals surface area contributed by atoms with Gasteiger partial charge in [-0.15, -0.1) is 0 Å². The molecule has 2 fully saturated rings. The smallest absolute Gasteiger partial charge is 0.255 e. The maximum absolute atomic E-state index is 12.7. The number of pyridine rings is 1. The second kappa shape index (κ2) is 8.80. The Kier molecular flexibility index (Phi) is 5.98. The van der Waals surface area contributed by atoms with Crippen LogP contribution in [0.15, 0.2) is 36.4 Å². The molecule has 0 unspecified atom stereocenters. The van der Waals surface area contributed by atoms with Crippen molar-refractivity contribution in [2.24, 2.45) is 0 Å². The van der Waals surface area contributed by atoms with Crippen molar-refractivity contribution in [3.8, 4) is 0 Å². The molecule has 0 aliphatic carbocycles. The van der Waals surface area contributed by atoms with Crippen molar-refractivity contribution in [3.05, 3.63) is 47.1 Å². The number of hydrogen-bond donors (Lipinski definition) is 2. The van der Waals surface area contributed by atoms with Gasteiger partial charge in [0.1, 0.15) is 11.0 Å². The molecule has 2 N–H and O–H groups in total. The summed E-state index contributed by atoms with van der Waals surface area (Å²) < 4.78 is 5.39. The first kappa shape index (κ1) is 19.0. The van der Waals surface area contributed by atoms with Crippen molar-refractivity contribution in [3.63, 3.8) is 0 Å². The van der Waals surface area contributed by atoms with Crippen LogP contribution in [0.2, 0.25) is 5.15 Å². The zero-order valence-electron chi connectivity index (χ0n) is 15.8. The predicted molar refractivity (Wildman–Crippen MR) is 113 cm³/mol. The second-order valence-electron chi connectivity index (χ2n) is 7.29. The molecular weight excluding hydrogens is 376 g/mol. The molecule has 2 aliphatic rings. The second-order valence-corrected chi connectivity index (χ2v) is 7.68. The molecule has 0 spiro atoms. The van der Waals surface area contributed by atoms with Crippen LogP contribution in [0.25, 0.3) is 0 Å². The Hall–Kier alpha value is -2.31. The van der Waals surface area contributed by atoms with E-state index in [0.29, 0.717) is 16.8 Å². The van der Waals surface area contributed by atoms with Gasteiger partial charge in [0.05, 0.1) is 0 Å². The minimum absolute atomic E-state index is 0.185. The summed E-state index contributed by atoms with van der Waals surface area (Å²) in [7, 11) is 0. The Morgan fingerprint density at radius 3 is 2.46 bits per heavy atom. The van der Waals surface area contributed by atoms with Gasteiger partial charge in [0.15, 0.2) is 0 Å². The van der Waals surface area contributed by atoms with Crippen LogP contribution in [0.5, 0.6) is 0 Å². The first-order valence-corrected chi connectivity index (χ1v) is 10.2. The lowest BCUT2D eigenvalue weighted by atomic mass is 10.1. The SMILES string of the molecule is O=C(Nc1ccc(NC2CCOCC2)cc1)c1cc(Cl)nc(N2CCCC2)c1. The summed E-state index contributed by atoms with van der Waals surface area (Å²) in [6.45, 7) is 3.52. The van der Waals surface area contributed by atoms with Gasteiger partial charge >= 0.3 is 0 Å². The fourth-order valence-electron chi connectivity index (χ4n) is 3.65. The van der Waals surface area contributed by atoms with E-state index in [1.165, 1.54) is 0 Å². The number of amides is 1. The van der Waals surface area contributed by atoms with Crippen molar-refractivity contribution in [1.82, 2.24) is 4.98 Å². The number of benzene rings is 1. The normalized spacial score (nSPS) is 17.5. The van der Waals surface area contributed by atoms with E-state index in [4.69, 9.17) is 16.3 Å². The Morgan fingerprint density at radius 2 is 1.75 bits per heavy atom. The van der Waals surface area contributed by atoms with Crippen LogP contribution in [-0.2, 0) is 4.74 Å². The third-order valence-corrected chi connectivity index (χ3v) is 5.40. The zero-order chi connectivity index (χ0) is 19.3. The standard InChI is InChI=1S/C21H25ClN4O2/c22-19-13-15(14-20(25-19)26-9-1-2-10-26)21(27)24-17-5-3-16(4-6-17)23-18-7-11-28-12-8-18/h3-6,13-14,18,23H,1-2,7-12H2,(H,24,27). The van der Waals surface area contributed by atoms with E-state index in [0.717, 1.165) is 69.2 Å². The maximum atomic E-state index is 12.7. The van der Waals surface area contributed by atoms with Crippen LogP contribution >= 0.6 is 11.6 Å². The number of anilines is 3. The first-order chi connectivity index (χ1) is 13.7. The van der Waals surface area contributed by atoms with Gasteiger partial charge in [0.25, 0.3) is 5.91 Å². The molecule has 3 heterocycles. The number of carbonyl (C=O) groups excluding carboxylic acids is 1. The van der Waals surface area contributed by atoms with Crippen molar-refractivity contribution in [2.45, 2.75) is 31.7 Å². The minimum atomic E-state index is -0.185. The Bertz CT molecular complexity index is 816. The average Bonchev–Trinajstić information content (AvgIpc) is 3.25. The molecule has 0 bridgehead atoms. The number of nitrogens with one attached hydrogen (secondary N) is 2. The largest absolute Gasteiger partial charge is 0.382 e. The van der Waals surface area contributed by atoms with E-state index in [-0.39, 0.29) is 5.91 Å². The highest BCUT2D eigenvalue weighted by atomic mass is 35.5. The third kappa shape index (κ3) is 4.75. The maximum Gasteiger partial charge on any atom is 0.255 e. The molecule has 4 rings (SSSR count). The molecule has 148 valence electrons. The van der Waals surface area contributed by atoms with Crippen molar-refractivity contribution in [1.29, 1.82) is 0 Å². The van der Waals surface area contributed by atoms with Crippen LogP contribution < -0.4 is 15.5 Å². The van der Waals surface area contributed by atoms with Gasteiger partial charge in [-0.05, 0) is 62.1 Å². The summed E-state index contributed by atoms with van der Waals surface area (Å²) in [4.78, 5) is 19.2. The summed E-state index contributed by atoms with van der Waals surface area (Å²) in [5, 5.41) is 6.80. The van der Waals surface area contributed by atoms with Crippen LogP contribution in [-0.4, -0.2) is 43.2 Å². The number of aromatic nitrogens is 1. The van der Waals surface area contributed by atoms with E-state index in [1.54, 1.807) is 6.07 Å². The first-order valence-electron chi connectivity index (χ1n) is 9.85. The fraction of sp³-hybridized carbons (Fsp3) is 0.429. The molecule has 7 heteroatoms. The molecule has 1 aromatic heterocycles. The lowest BCUT2D eigenvalue weighted by Gasteiger charge is -2.24. The zero-order valence-corrected chi connectivity index (χ0v) is 16.5. The van der Waals surface area contributed by atoms with E-state index in [1.807, 2.05) is 30.3 Å². The summed E-state index contributed by atoms with van der Waals surface area (Å²) in [5.74, 6) is 0.584. The van der Waals surface area contributed by atoms with E-state index in [9.17, 15) is 4.79 Å². The number of ether oxygens (including phenoxy) is 1. The number of halogens is 1. The van der Waals surface area contributed by atoms with Crippen molar-refractivity contribution in [2.75, 3.05) is 41.8 Å². The molecule has 2 saturated heterocycles. The number of hydrogen-bond acceptors (Lipinski definition) is 5. The molecule has 28 heavy (non-hydrogen) atoms. The molecule has 0 saturated carbocycles. The highest BCUT2D eigenvalue weighted by Gasteiger charge is 2.17. The minimum Gasteiger partial charge on any atom is -0.382 e. The van der Waals surface area contributed by atoms with Gasteiger partial charge in [-0.1, -0.05) is 11.6 Å².